The number of carbonyl (C=O) groups is 2. The van der Waals surface area contributed by atoms with Crippen molar-refractivity contribution in [3.05, 3.63) is 77.9 Å². The van der Waals surface area contributed by atoms with Crippen molar-refractivity contribution in [2.45, 2.75) is 38.1 Å². The van der Waals surface area contributed by atoms with E-state index in [0.29, 0.717) is 41.5 Å². The molecule has 0 radical (unpaired) electrons. The van der Waals surface area contributed by atoms with Crippen LogP contribution in [0.2, 0.25) is 0 Å². The Morgan fingerprint density at radius 3 is 2.52 bits per heavy atom. The van der Waals surface area contributed by atoms with E-state index in [0.717, 1.165) is 23.9 Å². The molecule has 11 heteroatoms. The molecule has 11 nitrogen and oxygen atoms in total. The molecule has 0 aliphatic carbocycles. The van der Waals surface area contributed by atoms with Crippen LogP contribution in [0.5, 0.6) is 17.2 Å². The fraction of sp³-hybridized carbons (Fsp3) is 0.355. The summed E-state index contributed by atoms with van der Waals surface area (Å²) in [7, 11) is 4.67. The van der Waals surface area contributed by atoms with Gasteiger partial charge in [-0.1, -0.05) is 35.5 Å². The largest absolute Gasteiger partial charge is 0.497 e. The number of benzene rings is 3. The van der Waals surface area contributed by atoms with Gasteiger partial charge in [0.2, 0.25) is 11.8 Å². The number of fused-ring (bicyclic) bond motifs is 1. The molecular weight excluding hydrogens is 538 g/mol. The van der Waals surface area contributed by atoms with Gasteiger partial charge in [0.1, 0.15) is 23.9 Å². The van der Waals surface area contributed by atoms with Gasteiger partial charge in [-0.2, -0.15) is 0 Å². The molecule has 2 amide bonds. The quantitative estimate of drug-likeness (QED) is 0.274. The van der Waals surface area contributed by atoms with Crippen LogP contribution in [0.15, 0.2) is 66.7 Å². The van der Waals surface area contributed by atoms with E-state index in [4.69, 9.17) is 18.9 Å². The monoisotopic (exact) mass is 573 g/mol. The lowest BCUT2D eigenvalue weighted by atomic mass is 10.0. The maximum atomic E-state index is 14.2. The summed E-state index contributed by atoms with van der Waals surface area (Å²) in [4.78, 5) is 29.8. The van der Waals surface area contributed by atoms with Gasteiger partial charge in [-0.05, 0) is 60.4 Å². The van der Waals surface area contributed by atoms with Crippen LogP contribution in [0, 0.1) is 0 Å². The van der Waals surface area contributed by atoms with E-state index in [2.05, 4.69) is 15.6 Å². The van der Waals surface area contributed by atoms with Gasteiger partial charge in [0.15, 0.2) is 11.5 Å². The topological polar surface area (TPSA) is 117 Å². The molecule has 1 aliphatic heterocycles. The molecular formula is C31H35N5O6. The van der Waals surface area contributed by atoms with Gasteiger partial charge in [-0.3, -0.25) is 9.59 Å². The first kappa shape index (κ1) is 28.9. The molecule has 0 unspecified atom stereocenters. The maximum Gasteiger partial charge on any atom is 0.247 e. The molecule has 1 N–H and O–H groups in total. The van der Waals surface area contributed by atoms with Crippen LogP contribution in [-0.2, 0) is 27.4 Å². The zero-order valence-corrected chi connectivity index (χ0v) is 24.0. The molecule has 5 rings (SSSR count). The number of hydrogen-bond acceptors (Lipinski definition) is 8. The minimum atomic E-state index is -0.990. The molecule has 0 bridgehead atoms. The predicted molar refractivity (Wildman–Crippen MR) is 155 cm³/mol. The molecule has 42 heavy (non-hydrogen) atoms. The number of amides is 2. The smallest absolute Gasteiger partial charge is 0.247 e. The van der Waals surface area contributed by atoms with Crippen molar-refractivity contribution >= 4 is 22.8 Å². The molecule has 0 saturated carbocycles. The molecule has 2 heterocycles. The second-order valence-corrected chi connectivity index (χ2v) is 10.0. The summed E-state index contributed by atoms with van der Waals surface area (Å²) in [5, 5.41) is 11.4. The maximum absolute atomic E-state index is 14.2. The Labute approximate surface area is 244 Å². The van der Waals surface area contributed by atoms with Crippen LogP contribution in [-0.4, -0.2) is 72.3 Å². The molecule has 1 saturated heterocycles. The highest BCUT2D eigenvalue weighted by Gasteiger charge is 2.33. The van der Waals surface area contributed by atoms with Gasteiger partial charge >= 0.3 is 0 Å². The third kappa shape index (κ3) is 6.46. The van der Waals surface area contributed by atoms with Crippen LogP contribution in [0.3, 0.4) is 0 Å². The van der Waals surface area contributed by atoms with Crippen molar-refractivity contribution in [2.24, 2.45) is 0 Å². The minimum absolute atomic E-state index is 0.0627. The number of ether oxygens (including phenoxy) is 4. The molecule has 1 aliphatic rings. The standard InChI is InChI=1S/C31H35N5O6/c1-39-23-13-10-21(11-14-23)19-35(29(37)20-36-26-9-5-4-8-25(26)33-34-36)30(31(38)32-18-24-7-6-16-42-24)22-12-15-27(40-2)28(17-22)41-3/h4-5,8-15,17,24,30H,6-7,16,18-20H2,1-3H3,(H,32,38)/t24-,30-/m1/s1. The average Bonchev–Trinajstić information content (AvgIpc) is 3.70. The molecule has 4 aromatic rings. The van der Waals surface area contributed by atoms with Crippen molar-refractivity contribution in [1.82, 2.24) is 25.2 Å². The van der Waals surface area contributed by atoms with E-state index in [9.17, 15) is 9.59 Å². The zero-order valence-electron chi connectivity index (χ0n) is 24.0. The molecule has 220 valence electrons. The summed E-state index contributed by atoms with van der Waals surface area (Å²) in [6, 6.07) is 19.1. The van der Waals surface area contributed by atoms with Gasteiger partial charge in [0, 0.05) is 19.7 Å². The molecule has 1 fully saturated rings. The molecule has 1 aromatic heterocycles. The first-order chi connectivity index (χ1) is 20.5. The zero-order chi connectivity index (χ0) is 29.5. The number of para-hydroxylation sites is 1. The summed E-state index contributed by atoms with van der Waals surface area (Å²) < 4.78 is 23.6. The third-order valence-corrected chi connectivity index (χ3v) is 7.35. The Balaban J connectivity index is 1.54. The first-order valence-corrected chi connectivity index (χ1v) is 13.8. The first-order valence-electron chi connectivity index (χ1n) is 13.8. The van der Waals surface area contributed by atoms with Gasteiger partial charge < -0.3 is 29.2 Å². The van der Waals surface area contributed by atoms with Crippen LogP contribution in [0.1, 0.15) is 30.0 Å². The number of carbonyl (C=O) groups excluding carboxylic acids is 2. The number of methoxy groups -OCH3 is 3. The van der Waals surface area contributed by atoms with Crippen molar-refractivity contribution in [3.63, 3.8) is 0 Å². The van der Waals surface area contributed by atoms with E-state index >= 15 is 0 Å². The van der Waals surface area contributed by atoms with E-state index in [1.807, 2.05) is 48.5 Å². The number of nitrogens with zero attached hydrogens (tertiary/aromatic N) is 4. The lowest BCUT2D eigenvalue weighted by Crippen LogP contribution is -2.46. The predicted octanol–water partition coefficient (Wildman–Crippen LogP) is 3.52. The van der Waals surface area contributed by atoms with Crippen molar-refractivity contribution in [2.75, 3.05) is 34.5 Å². The van der Waals surface area contributed by atoms with Crippen LogP contribution in [0.25, 0.3) is 11.0 Å². The Bertz CT molecular complexity index is 1520. The Morgan fingerprint density at radius 2 is 1.81 bits per heavy atom. The molecule has 2 atom stereocenters. The summed E-state index contributed by atoms with van der Waals surface area (Å²) in [6.45, 7) is 1.07. The van der Waals surface area contributed by atoms with Crippen molar-refractivity contribution in [1.29, 1.82) is 0 Å². The van der Waals surface area contributed by atoms with E-state index in [1.54, 1.807) is 42.0 Å². The number of nitrogens with one attached hydrogen (secondary N) is 1. The average molecular weight is 574 g/mol. The second-order valence-electron chi connectivity index (χ2n) is 10.0. The van der Waals surface area contributed by atoms with E-state index in [-0.39, 0.29) is 31.0 Å². The summed E-state index contributed by atoms with van der Waals surface area (Å²) in [6.07, 6.45) is 1.76. The summed E-state index contributed by atoms with van der Waals surface area (Å²) in [5.74, 6) is 1.01. The highest BCUT2D eigenvalue weighted by Crippen LogP contribution is 2.33. The number of rotatable bonds is 12. The normalized spacial score (nSPS) is 15.3. The van der Waals surface area contributed by atoms with Crippen molar-refractivity contribution in [3.8, 4) is 17.2 Å². The van der Waals surface area contributed by atoms with Gasteiger partial charge in [0.05, 0.1) is 33.0 Å². The highest BCUT2D eigenvalue weighted by atomic mass is 16.5. The summed E-state index contributed by atoms with van der Waals surface area (Å²) >= 11 is 0. The van der Waals surface area contributed by atoms with Crippen molar-refractivity contribution < 1.29 is 28.5 Å². The van der Waals surface area contributed by atoms with Crippen LogP contribution < -0.4 is 19.5 Å². The van der Waals surface area contributed by atoms with Crippen LogP contribution in [0.4, 0.5) is 0 Å². The highest BCUT2D eigenvalue weighted by molar-refractivity contribution is 5.89. The molecule has 3 aromatic carbocycles. The fourth-order valence-electron chi connectivity index (χ4n) is 5.12. The number of hydrogen-bond donors (Lipinski definition) is 1. The van der Waals surface area contributed by atoms with Gasteiger partial charge in [-0.15, -0.1) is 5.10 Å². The van der Waals surface area contributed by atoms with Gasteiger partial charge in [0.25, 0.3) is 0 Å². The molecule has 0 spiro atoms. The number of aromatic nitrogens is 3. The summed E-state index contributed by atoms with van der Waals surface area (Å²) in [5.41, 5.74) is 2.80. The van der Waals surface area contributed by atoms with Crippen LogP contribution >= 0.6 is 0 Å². The lowest BCUT2D eigenvalue weighted by molar-refractivity contribution is -0.142. The second kappa shape index (κ2) is 13.3. The Morgan fingerprint density at radius 1 is 1.02 bits per heavy atom. The lowest BCUT2D eigenvalue weighted by Gasteiger charge is -2.32. The van der Waals surface area contributed by atoms with E-state index < -0.39 is 6.04 Å². The SMILES string of the molecule is COc1ccc(CN(C(=O)Cn2nnc3ccccc32)[C@@H](C(=O)NC[C@H]2CCCO2)c2ccc(OC)c(OC)c2)cc1. The minimum Gasteiger partial charge on any atom is -0.497 e. The third-order valence-electron chi connectivity index (χ3n) is 7.35. The Hall–Kier alpha value is -4.64. The van der Waals surface area contributed by atoms with Gasteiger partial charge in [-0.25, -0.2) is 4.68 Å². The fourth-order valence-corrected chi connectivity index (χ4v) is 5.12. The van der Waals surface area contributed by atoms with E-state index in [1.165, 1.54) is 7.11 Å². The Kier molecular flexibility index (Phi) is 9.18.